The van der Waals surface area contributed by atoms with E-state index >= 15 is 4.39 Å². The molecule has 1 aliphatic rings. The highest BCUT2D eigenvalue weighted by atomic mass is 35.5. The number of allylic oxidation sites excluding steroid dienone is 2. The van der Waals surface area contributed by atoms with Gasteiger partial charge in [0.25, 0.3) is 0 Å². The van der Waals surface area contributed by atoms with Crippen molar-refractivity contribution in [2.24, 2.45) is 0 Å². The quantitative estimate of drug-likeness (QED) is 0.611. The van der Waals surface area contributed by atoms with Crippen molar-refractivity contribution < 1.29 is 13.6 Å². The molecule has 0 unspecified atom stereocenters. The highest BCUT2D eigenvalue weighted by molar-refractivity contribution is 6.31. The molecule has 1 aromatic carbocycles. The fraction of sp³-hybridized carbons (Fsp3) is 0.364. The van der Waals surface area contributed by atoms with Gasteiger partial charge in [-0.15, -0.1) is 0 Å². The Kier molecular flexibility index (Phi) is 6.61. The van der Waals surface area contributed by atoms with E-state index in [1.54, 1.807) is 20.0 Å². The Morgan fingerprint density at radius 3 is 2.63 bits per heavy atom. The third-order valence-corrected chi connectivity index (χ3v) is 5.87. The van der Waals surface area contributed by atoms with E-state index < -0.39 is 11.6 Å². The number of halogens is 3. The Balaban J connectivity index is 1.92. The number of nitrogens with zero attached hydrogens (tertiary/aromatic N) is 2. The van der Waals surface area contributed by atoms with Crippen molar-refractivity contribution >= 4 is 34.6 Å². The molecule has 160 valence electrons. The van der Waals surface area contributed by atoms with E-state index in [1.807, 2.05) is 18.9 Å². The Morgan fingerprint density at radius 1 is 1.27 bits per heavy atom. The van der Waals surface area contributed by atoms with Crippen molar-refractivity contribution in [2.45, 2.75) is 32.6 Å². The van der Waals surface area contributed by atoms with Crippen LogP contribution < -0.4 is 10.6 Å². The lowest BCUT2D eigenvalue weighted by molar-refractivity contribution is -0.113. The molecule has 0 radical (unpaired) electrons. The maximum Gasteiger partial charge on any atom is 0.157 e. The minimum Gasteiger partial charge on any atom is -0.377 e. The molecule has 0 saturated carbocycles. The number of Topliss-reactive ketones (excluding diaryl/α,β-unsaturated/α-hetero) is 1. The van der Waals surface area contributed by atoms with Gasteiger partial charge in [0.15, 0.2) is 11.6 Å². The molecular weight excluding hydrogens is 410 g/mol. The van der Waals surface area contributed by atoms with Gasteiger partial charge in [0, 0.05) is 54.5 Å². The van der Waals surface area contributed by atoms with Crippen LogP contribution in [0.2, 0.25) is 5.02 Å². The molecule has 0 bridgehead atoms. The third-order valence-electron chi connectivity index (χ3n) is 5.54. The average Bonchev–Trinajstić information content (AvgIpc) is 2.70. The predicted molar refractivity (Wildman–Crippen MR) is 116 cm³/mol. The topological polar surface area (TPSA) is 57.3 Å². The van der Waals surface area contributed by atoms with E-state index in [9.17, 15) is 9.18 Å². The number of anilines is 3. The largest absolute Gasteiger partial charge is 0.377 e. The number of carbonyl (C=O) groups is 1. The lowest BCUT2D eigenvalue weighted by Gasteiger charge is -2.35. The molecule has 1 atom stereocenters. The smallest absolute Gasteiger partial charge is 0.157 e. The number of likely N-dealkylation sites (N-methyl/N-ethyl adjacent to an activating group) is 1. The molecule has 2 aromatic rings. The minimum absolute atomic E-state index is 0.0368. The fourth-order valence-corrected chi connectivity index (χ4v) is 4.17. The highest BCUT2D eigenvalue weighted by Crippen LogP contribution is 2.40. The molecule has 1 saturated heterocycles. The molecular formula is C22H25ClF2N4O. The molecule has 3 rings (SSSR count). The summed E-state index contributed by atoms with van der Waals surface area (Å²) < 4.78 is 29.1. The lowest BCUT2D eigenvalue weighted by atomic mass is 9.87. The van der Waals surface area contributed by atoms with E-state index in [2.05, 4.69) is 15.6 Å². The van der Waals surface area contributed by atoms with Gasteiger partial charge in [0.2, 0.25) is 0 Å². The first-order valence-electron chi connectivity index (χ1n) is 9.73. The Labute approximate surface area is 180 Å². The van der Waals surface area contributed by atoms with Crippen LogP contribution in [0.5, 0.6) is 0 Å². The molecule has 8 heteroatoms. The van der Waals surface area contributed by atoms with Crippen molar-refractivity contribution in [3.8, 4) is 0 Å². The molecule has 5 nitrogen and oxygen atoms in total. The number of nitrogens with one attached hydrogen (secondary N) is 2. The van der Waals surface area contributed by atoms with E-state index in [4.69, 9.17) is 11.6 Å². The summed E-state index contributed by atoms with van der Waals surface area (Å²) in [4.78, 5) is 17.7. The Morgan fingerprint density at radius 2 is 2.00 bits per heavy atom. The first kappa shape index (κ1) is 22.0. The second-order valence-electron chi connectivity index (χ2n) is 7.49. The first-order chi connectivity index (χ1) is 14.2. The zero-order valence-electron chi connectivity index (χ0n) is 17.4. The van der Waals surface area contributed by atoms with Crippen LogP contribution in [0.1, 0.15) is 38.2 Å². The molecule has 0 aliphatic carbocycles. The monoisotopic (exact) mass is 434 g/mol. The van der Waals surface area contributed by atoms with Crippen LogP contribution in [0.4, 0.5) is 26.0 Å². The third kappa shape index (κ3) is 4.41. The van der Waals surface area contributed by atoms with Crippen molar-refractivity contribution in [3.63, 3.8) is 0 Å². The van der Waals surface area contributed by atoms with Crippen LogP contribution in [0.25, 0.3) is 0 Å². The second kappa shape index (κ2) is 9.00. The second-order valence-corrected chi connectivity index (χ2v) is 7.90. The van der Waals surface area contributed by atoms with Gasteiger partial charge in [-0.2, -0.15) is 0 Å². The number of piperidine rings is 1. The molecule has 0 amide bonds. The number of rotatable bonds is 5. The standard InChI is InChI=1S/C22H25ClF2N4O/c1-12(13(2)30)19-8-5-14(11-29(19)4)20-16(23)6-7-17(21(20)25)28-18-9-15(24)10-27-22(18)26-3/h6-7,9-10,14,28H,5,8,11H2,1-4H3,(H,26,27)/b19-12+/t14-/m1/s1. The molecule has 2 N–H and O–H groups in total. The van der Waals surface area contributed by atoms with Gasteiger partial charge in [0.1, 0.15) is 11.6 Å². The van der Waals surface area contributed by atoms with Gasteiger partial charge < -0.3 is 15.5 Å². The van der Waals surface area contributed by atoms with E-state index in [0.29, 0.717) is 41.5 Å². The van der Waals surface area contributed by atoms with Gasteiger partial charge in [-0.25, -0.2) is 13.8 Å². The summed E-state index contributed by atoms with van der Waals surface area (Å²) in [7, 11) is 3.56. The number of pyridine rings is 1. The Hall–Kier alpha value is -2.67. The molecule has 1 fully saturated rings. The van der Waals surface area contributed by atoms with Crippen LogP contribution in [-0.2, 0) is 4.79 Å². The van der Waals surface area contributed by atoms with Gasteiger partial charge in [-0.05, 0) is 38.8 Å². The summed E-state index contributed by atoms with van der Waals surface area (Å²) in [6.07, 6.45) is 2.43. The molecule has 30 heavy (non-hydrogen) atoms. The summed E-state index contributed by atoms with van der Waals surface area (Å²) in [5, 5.41) is 6.13. The highest BCUT2D eigenvalue weighted by Gasteiger charge is 2.29. The summed E-state index contributed by atoms with van der Waals surface area (Å²) >= 11 is 6.38. The average molecular weight is 435 g/mol. The maximum atomic E-state index is 15.5. The van der Waals surface area contributed by atoms with Crippen molar-refractivity contribution in [2.75, 3.05) is 31.3 Å². The fourth-order valence-electron chi connectivity index (χ4n) is 3.87. The molecule has 2 heterocycles. The maximum absolute atomic E-state index is 15.5. The van der Waals surface area contributed by atoms with Crippen LogP contribution in [0.3, 0.4) is 0 Å². The molecule has 1 aliphatic heterocycles. The number of hydrogen-bond acceptors (Lipinski definition) is 5. The van der Waals surface area contributed by atoms with Crippen molar-refractivity contribution in [1.82, 2.24) is 9.88 Å². The van der Waals surface area contributed by atoms with Crippen LogP contribution in [0.15, 0.2) is 35.7 Å². The van der Waals surface area contributed by atoms with Gasteiger partial charge in [0.05, 0.1) is 17.6 Å². The number of aromatic nitrogens is 1. The SMILES string of the molecule is CNc1ncc(F)cc1Nc1ccc(Cl)c([C@@H]2CC/C(=C(/C)C(C)=O)N(C)C2)c1F. The zero-order chi connectivity index (χ0) is 22.0. The van der Waals surface area contributed by atoms with Crippen molar-refractivity contribution in [1.29, 1.82) is 0 Å². The summed E-state index contributed by atoms with van der Waals surface area (Å²) in [6.45, 7) is 3.91. The summed E-state index contributed by atoms with van der Waals surface area (Å²) in [5.74, 6) is -0.695. The van der Waals surface area contributed by atoms with Crippen molar-refractivity contribution in [3.05, 3.63) is 57.9 Å². The van der Waals surface area contributed by atoms with Gasteiger partial charge >= 0.3 is 0 Å². The van der Waals surface area contributed by atoms with Gasteiger partial charge in [-0.3, -0.25) is 4.79 Å². The van der Waals surface area contributed by atoms with Crippen LogP contribution in [0, 0.1) is 11.6 Å². The number of ketones is 1. The first-order valence-corrected chi connectivity index (χ1v) is 10.1. The number of carbonyl (C=O) groups excluding carboxylic acids is 1. The summed E-state index contributed by atoms with van der Waals surface area (Å²) in [6, 6.07) is 4.42. The van der Waals surface area contributed by atoms with Gasteiger partial charge in [-0.1, -0.05) is 11.6 Å². The number of benzene rings is 1. The summed E-state index contributed by atoms with van der Waals surface area (Å²) in [5.41, 5.74) is 2.66. The lowest BCUT2D eigenvalue weighted by Crippen LogP contribution is -2.31. The van der Waals surface area contributed by atoms with Crippen LogP contribution >= 0.6 is 11.6 Å². The molecule has 0 spiro atoms. The van der Waals surface area contributed by atoms with Crippen LogP contribution in [-0.4, -0.2) is 36.3 Å². The normalized spacial score (nSPS) is 18.2. The number of hydrogen-bond donors (Lipinski definition) is 2. The molecule has 1 aromatic heterocycles. The van der Waals surface area contributed by atoms with E-state index in [-0.39, 0.29) is 17.4 Å². The van der Waals surface area contributed by atoms with E-state index in [0.717, 1.165) is 17.5 Å². The number of likely N-dealkylation sites (tertiary alicyclic amines) is 1. The minimum atomic E-state index is -0.528. The predicted octanol–water partition coefficient (Wildman–Crippen LogP) is 5.47. The van der Waals surface area contributed by atoms with E-state index in [1.165, 1.54) is 12.1 Å². The Bertz CT molecular complexity index is 1010. The zero-order valence-corrected chi connectivity index (χ0v) is 18.2.